The van der Waals surface area contributed by atoms with E-state index in [2.05, 4.69) is 28.1 Å². The zero-order chi connectivity index (χ0) is 14.1. The number of fused-ring (bicyclic) bond motifs is 1. The van der Waals surface area contributed by atoms with E-state index in [4.69, 9.17) is 4.74 Å². The van der Waals surface area contributed by atoms with E-state index in [0.29, 0.717) is 5.92 Å². The zero-order valence-corrected chi connectivity index (χ0v) is 13.0. The molecule has 0 amide bonds. The standard InChI is InChI=1S/C14H20N4OS/c1-10-13(20-9-15-10)7-18-5-11-4-17(2)16-14(11)12(6-18)8-19-3/h4,9,12H,5-8H2,1-3H3/t12-/m1/s1. The number of hydrogen-bond donors (Lipinski definition) is 0. The molecular weight excluding hydrogens is 272 g/mol. The van der Waals surface area contributed by atoms with Crippen molar-refractivity contribution in [2.24, 2.45) is 7.05 Å². The molecule has 0 unspecified atom stereocenters. The number of hydrogen-bond acceptors (Lipinski definition) is 5. The lowest BCUT2D eigenvalue weighted by atomic mass is 9.97. The molecule has 0 fully saturated rings. The number of aryl methyl sites for hydroxylation is 2. The van der Waals surface area contributed by atoms with Crippen molar-refractivity contribution < 1.29 is 4.74 Å². The lowest BCUT2D eigenvalue weighted by Gasteiger charge is -2.31. The SMILES string of the molecule is COC[C@H]1CN(Cc2scnc2C)Cc2cn(C)nc21. The van der Waals surface area contributed by atoms with Gasteiger partial charge in [-0.15, -0.1) is 11.3 Å². The van der Waals surface area contributed by atoms with Crippen molar-refractivity contribution in [2.45, 2.75) is 25.9 Å². The number of methoxy groups -OCH3 is 1. The molecule has 3 rings (SSSR count). The maximum atomic E-state index is 5.37. The van der Waals surface area contributed by atoms with E-state index in [1.165, 1.54) is 16.1 Å². The minimum absolute atomic E-state index is 0.359. The summed E-state index contributed by atoms with van der Waals surface area (Å²) in [6, 6.07) is 0. The average molecular weight is 292 g/mol. The molecule has 1 aliphatic heterocycles. The van der Waals surface area contributed by atoms with Crippen LogP contribution in [-0.2, 0) is 24.9 Å². The largest absolute Gasteiger partial charge is 0.384 e. The van der Waals surface area contributed by atoms with Gasteiger partial charge in [-0.2, -0.15) is 5.10 Å². The van der Waals surface area contributed by atoms with Gasteiger partial charge in [-0.05, 0) is 6.92 Å². The fourth-order valence-electron chi connectivity index (χ4n) is 2.86. The monoisotopic (exact) mass is 292 g/mol. The minimum atomic E-state index is 0.359. The fourth-order valence-corrected chi connectivity index (χ4v) is 3.68. The summed E-state index contributed by atoms with van der Waals surface area (Å²) >= 11 is 1.74. The van der Waals surface area contributed by atoms with E-state index in [1.54, 1.807) is 18.4 Å². The maximum absolute atomic E-state index is 5.37. The molecule has 0 N–H and O–H groups in total. The van der Waals surface area contributed by atoms with Crippen LogP contribution in [-0.4, -0.2) is 39.9 Å². The predicted octanol–water partition coefficient (Wildman–Crippen LogP) is 1.93. The Labute approximate surface area is 123 Å². The molecule has 2 aromatic heterocycles. The summed E-state index contributed by atoms with van der Waals surface area (Å²) in [5.41, 5.74) is 5.60. The van der Waals surface area contributed by atoms with Gasteiger partial charge in [0, 0.05) is 56.3 Å². The summed E-state index contributed by atoms with van der Waals surface area (Å²) < 4.78 is 7.28. The van der Waals surface area contributed by atoms with Gasteiger partial charge in [0.15, 0.2) is 0 Å². The summed E-state index contributed by atoms with van der Waals surface area (Å²) in [5.74, 6) is 0.359. The van der Waals surface area contributed by atoms with E-state index < -0.39 is 0 Å². The molecule has 1 aliphatic rings. The van der Waals surface area contributed by atoms with Crippen LogP contribution in [0.5, 0.6) is 0 Å². The highest BCUT2D eigenvalue weighted by molar-refractivity contribution is 7.09. The molecule has 0 saturated carbocycles. The van der Waals surface area contributed by atoms with Gasteiger partial charge in [0.2, 0.25) is 0 Å². The number of nitrogens with zero attached hydrogens (tertiary/aromatic N) is 4. The summed E-state index contributed by atoms with van der Waals surface area (Å²) in [7, 11) is 3.74. The molecule has 5 nitrogen and oxygen atoms in total. The Kier molecular flexibility index (Phi) is 3.87. The second-order valence-electron chi connectivity index (χ2n) is 5.40. The van der Waals surface area contributed by atoms with Gasteiger partial charge >= 0.3 is 0 Å². The van der Waals surface area contributed by atoms with Crippen molar-refractivity contribution in [3.8, 4) is 0 Å². The first-order chi connectivity index (χ1) is 9.67. The van der Waals surface area contributed by atoms with Crippen LogP contribution in [0.3, 0.4) is 0 Å². The molecule has 3 heterocycles. The highest BCUT2D eigenvalue weighted by Crippen LogP contribution is 2.29. The molecule has 0 saturated heterocycles. The molecule has 2 aromatic rings. The molecule has 6 heteroatoms. The van der Waals surface area contributed by atoms with Crippen molar-refractivity contribution in [1.82, 2.24) is 19.7 Å². The molecule has 108 valence electrons. The number of aromatic nitrogens is 3. The second kappa shape index (κ2) is 5.63. The van der Waals surface area contributed by atoms with Crippen LogP contribution in [0, 0.1) is 6.92 Å². The van der Waals surface area contributed by atoms with Crippen LogP contribution >= 0.6 is 11.3 Å². The first-order valence-corrected chi connectivity index (χ1v) is 7.68. The highest BCUT2D eigenvalue weighted by Gasteiger charge is 2.28. The van der Waals surface area contributed by atoms with Gasteiger partial charge < -0.3 is 4.74 Å². The lowest BCUT2D eigenvalue weighted by molar-refractivity contribution is 0.135. The summed E-state index contributed by atoms with van der Waals surface area (Å²) in [4.78, 5) is 8.16. The Morgan fingerprint density at radius 2 is 2.35 bits per heavy atom. The Morgan fingerprint density at radius 1 is 1.50 bits per heavy atom. The molecule has 0 aliphatic carbocycles. The number of rotatable bonds is 4. The molecular formula is C14H20N4OS. The van der Waals surface area contributed by atoms with Crippen LogP contribution in [0.1, 0.15) is 27.7 Å². The zero-order valence-electron chi connectivity index (χ0n) is 12.2. The Bertz CT molecular complexity index is 592. The number of ether oxygens (including phenoxy) is 1. The van der Waals surface area contributed by atoms with Crippen LogP contribution in [0.4, 0.5) is 0 Å². The molecule has 0 radical (unpaired) electrons. The van der Waals surface area contributed by atoms with Gasteiger partial charge in [-0.1, -0.05) is 0 Å². The smallest absolute Gasteiger partial charge is 0.0798 e. The second-order valence-corrected chi connectivity index (χ2v) is 6.34. The van der Waals surface area contributed by atoms with Gasteiger partial charge in [0.05, 0.1) is 23.5 Å². The van der Waals surface area contributed by atoms with E-state index in [0.717, 1.165) is 31.9 Å². The van der Waals surface area contributed by atoms with E-state index in [-0.39, 0.29) is 0 Å². The van der Waals surface area contributed by atoms with Crippen molar-refractivity contribution in [3.05, 3.63) is 33.5 Å². The van der Waals surface area contributed by atoms with Crippen LogP contribution in [0.2, 0.25) is 0 Å². The summed E-state index contributed by atoms with van der Waals surface area (Å²) in [6.07, 6.45) is 2.13. The average Bonchev–Trinajstić information content (AvgIpc) is 2.96. The predicted molar refractivity (Wildman–Crippen MR) is 78.8 cm³/mol. The van der Waals surface area contributed by atoms with Gasteiger partial charge in [0.1, 0.15) is 0 Å². The fraction of sp³-hybridized carbons (Fsp3) is 0.571. The van der Waals surface area contributed by atoms with Crippen molar-refractivity contribution >= 4 is 11.3 Å². The molecule has 0 aromatic carbocycles. The van der Waals surface area contributed by atoms with E-state index in [1.807, 2.05) is 17.2 Å². The summed E-state index contributed by atoms with van der Waals surface area (Å²) in [6.45, 7) is 5.72. The van der Waals surface area contributed by atoms with Crippen LogP contribution < -0.4 is 0 Å². The van der Waals surface area contributed by atoms with Crippen molar-refractivity contribution in [3.63, 3.8) is 0 Å². The van der Waals surface area contributed by atoms with Crippen LogP contribution in [0.25, 0.3) is 0 Å². The highest BCUT2D eigenvalue weighted by atomic mass is 32.1. The molecule has 0 bridgehead atoms. The normalized spacial score (nSPS) is 19.2. The third kappa shape index (κ3) is 2.63. The topological polar surface area (TPSA) is 43.2 Å². The Morgan fingerprint density at radius 3 is 3.05 bits per heavy atom. The molecule has 0 spiro atoms. The van der Waals surface area contributed by atoms with E-state index in [9.17, 15) is 0 Å². The van der Waals surface area contributed by atoms with Gasteiger partial charge in [0.25, 0.3) is 0 Å². The Balaban J connectivity index is 1.80. The minimum Gasteiger partial charge on any atom is -0.384 e. The van der Waals surface area contributed by atoms with Crippen molar-refractivity contribution in [1.29, 1.82) is 0 Å². The first-order valence-electron chi connectivity index (χ1n) is 6.80. The maximum Gasteiger partial charge on any atom is 0.0798 e. The first kappa shape index (κ1) is 13.7. The van der Waals surface area contributed by atoms with Crippen molar-refractivity contribution in [2.75, 3.05) is 20.3 Å². The number of thiazole rings is 1. The molecule has 20 heavy (non-hydrogen) atoms. The molecule has 1 atom stereocenters. The quantitative estimate of drug-likeness (QED) is 0.863. The van der Waals surface area contributed by atoms with Gasteiger partial charge in [-0.25, -0.2) is 4.98 Å². The lowest BCUT2D eigenvalue weighted by Crippen LogP contribution is -2.34. The third-order valence-electron chi connectivity index (χ3n) is 3.78. The van der Waals surface area contributed by atoms with E-state index >= 15 is 0 Å². The third-order valence-corrected chi connectivity index (χ3v) is 4.70. The Hall–Kier alpha value is -1.24. The summed E-state index contributed by atoms with van der Waals surface area (Å²) in [5, 5.41) is 4.60. The van der Waals surface area contributed by atoms with Crippen LogP contribution in [0.15, 0.2) is 11.7 Å². The van der Waals surface area contributed by atoms with Gasteiger partial charge in [-0.3, -0.25) is 9.58 Å².